The first-order chi connectivity index (χ1) is 11.8. The van der Waals surface area contributed by atoms with E-state index in [2.05, 4.69) is 30.0 Å². The summed E-state index contributed by atoms with van der Waals surface area (Å²) in [5.74, 6) is 2.22. The molecule has 0 N–H and O–H groups in total. The van der Waals surface area contributed by atoms with E-state index in [1.54, 1.807) is 0 Å². The third-order valence-electron chi connectivity index (χ3n) is 4.90. The second kappa shape index (κ2) is 8.18. The van der Waals surface area contributed by atoms with Gasteiger partial charge in [0, 0.05) is 19.4 Å². The Hall–Kier alpha value is -2.03. The zero-order chi connectivity index (χ0) is 16.8. The minimum Gasteiger partial charge on any atom is -0.464 e. The van der Waals surface area contributed by atoms with Crippen LogP contribution in [0.3, 0.4) is 0 Å². The molecule has 3 heteroatoms. The predicted molar refractivity (Wildman–Crippen MR) is 95.8 cm³/mol. The molecule has 3 nitrogen and oxygen atoms in total. The second-order valence-electron chi connectivity index (χ2n) is 6.60. The van der Waals surface area contributed by atoms with Crippen molar-refractivity contribution in [3.05, 3.63) is 59.5 Å². The molecule has 0 aliphatic carbocycles. The van der Waals surface area contributed by atoms with Crippen molar-refractivity contribution >= 4 is 5.91 Å². The number of amides is 1. The average Bonchev–Trinajstić information content (AvgIpc) is 2.97. The molecule has 0 spiro atoms. The largest absolute Gasteiger partial charge is 0.464 e. The number of hydrogen-bond acceptors (Lipinski definition) is 2. The highest BCUT2D eigenvalue weighted by Crippen LogP contribution is 2.32. The van der Waals surface area contributed by atoms with Crippen LogP contribution in [0, 0.1) is 0 Å². The number of rotatable bonds is 5. The van der Waals surface area contributed by atoms with Gasteiger partial charge in [0.1, 0.15) is 11.5 Å². The van der Waals surface area contributed by atoms with Gasteiger partial charge in [0.15, 0.2) is 0 Å². The fourth-order valence-electron chi connectivity index (χ4n) is 3.51. The highest BCUT2D eigenvalue weighted by atomic mass is 16.3. The Kier molecular flexibility index (Phi) is 5.73. The second-order valence-corrected chi connectivity index (χ2v) is 6.60. The molecular weight excluding hydrogens is 298 g/mol. The van der Waals surface area contributed by atoms with E-state index in [4.69, 9.17) is 4.42 Å². The number of carbonyl (C=O) groups is 1. The number of carbonyl (C=O) groups excluding carboxylic acids is 1. The lowest BCUT2D eigenvalue weighted by molar-refractivity contribution is -0.134. The average molecular weight is 325 g/mol. The normalized spacial score (nSPS) is 18.4. The minimum atomic E-state index is 0.107. The lowest BCUT2D eigenvalue weighted by atomic mass is 10.1. The van der Waals surface area contributed by atoms with Crippen molar-refractivity contribution in [3.63, 3.8) is 0 Å². The Labute approximate surface area is 144 Å². The summed E-state index contributed by atoms with van der Waals surface area (Å²) in [5.41, 5.74) is 1.23. The van der Waals surface area contributed by atoms with Gasteiger partial charge < -0.3 is 9.32 Å². The van der Waals surface area contributed by atoms with E-state index >= 15 is 0 Å². The molecule has 0 radical (unpaired) electrons. The van der Waals surface area contributed by atoms with E-state index in [1.807, 2.05) is 24.3 Å². The van der Waals surface area contributed by atoms with E-state index in [9.17, 15) is 4.79 Å². The van der Waals surface area contributed by atoms with Gasteiger partial charge in [-0.2, -0.15) is 0 Å². The van der Waals surface area contributed by atoms with E-state index in [-0.39, 0.29) is 11.9 Å². The summed E-state index contributed by atoms with van der Waals surface area (Å²) in [5, 5.41) is 0. The summed E-state index contributed by atoms with van der Waals surface area (Å²) in [7, 11) is 0. The monoisotopic (exact) mass is 325 g/mol. The van der Waals surface area contributed by atoms with Crippen LogP contribution in [-0.4, -0.2) is 17.4 Å². The van der Waals surface area contributed by atoms with Crippen molar-refractivity contribution < 1.29 is 9.21 Å². The molecule has 1 aromatic carbocycles. The molecule has 128 valence electrons. The van der Waals surface area contributed by atoms with Crippen molar-refractivity contribution in [1.82, 2.24) is 4.90 Å². The Balaban J connectivity index is 1.70. The topological polar surface area (TPSA) is 33.5 Å². The van der Waals surface area contributed by atoms with Crippen molar-refractivity contribution in [3.8, 4) is 0 Å². The predicted octanol–water partition coefficient (Wildman–Crippen LogP) is 4.92. The zero-order valence-electron chi connectivity index (χ0n) is 14.5. The molecule has 1 saturated heterocycles. The molecule has 2 heterocycles. The lowest BCUT2D eigenvalue weighted by Crippen LogP contribution is -2.34. The van der Waals surface area contributed by atoms with Gasteiger partial charge in [-0.15, -0.1) is 0 Å². The van der Waals surface area contributed by atoms with Crippen LogP contribution in [0.5, 0.6) is 0 Å². The maximum absolute atomic E-state index is 12.9. The van der Waals surface area contributed by atoms with Crippen LogP contribution in [0.1, 0.15) is 62.2 Å². The first kappa shape index (κ1) is 16.8. The van der Waals surface area contributed by atoms with Gasteiger partial charge >= 0.3 is 0 Å². The molecule has 1 atom stereocenters. The number of hydrogen-bond donors (Lipinski definition) is 0. The molecule has 2 aromatic rings. The van der Waals surface area contributed by atoms with Crippen molar-refractivity contribution in [2.75, 3.05) is 6.54 Å². The molecule has 1 unspecified atom stereocenters. The van der Waals surface area contributed by atoms with Gasteiger partial charge in [-0.1, -0.05) is 50.1 Å². The maximum Gasteiger partial charge on any atom is 0.223 e. The molecule has 1 aromatic heterocycles. The number of likely N-dealkylation sites (tertiary alicyclic amines) is 1. The van der Waals surface area contributed by atoms with E-state index in [0.29, 0.717) is 6.42 Å². The van der Waals surface area contributed by atoms with Gasteiger partial charge in [0.05, 0.1) is 6.04 Å². The molecule has 24 heavy (non-hydrogen) atoms. The Morgan fingerprint density at radius 2 is 1.96 bits per heavy atom. The molecule has 1 fully saturated rings. The van der Waals surface area contributed by atoms with E-state index in [1.165, 1.54) is 12.0 Å². The van der Waals surface area contributed by atoms with Crippen LogP contribution in [0.2, 0.25) is 0 Å². The standard InChI is InChI=1S/C21H27NO2/c1-2-18-13-14-20(24-18)19-11-7-4-8-16-22(19)21(23)15-12-17-9-5-3-6-10-17/h3,5-6,9-10,13-14,19H,2,4,7-8,11-12,15-16H2,1H3. The molecule has 0 bridgehead atoms. The Morgan fingerprint density at radius 3 is 2.71 bits per heavy atom. The van der Waals surface area contributed by atoms with Crippen molar-refractivity contribution in [1.29, 1.82) is 0 Å². The fraction of sp³-hybridized carbons (Fsp3) is 0.476. The minimum absolute atomic E-state index is 0.107. The fourth-order valence-corrected chi connectivity index (χ4v) is 3.51. The molecule has 1 amide bonds. The maximum atomic E-state index is 12.9. The van der Waals surface area contributed by atoms with Crippen LogP contribution in [0.4, 0.5) is 0 Å². The summed E-state index contributed by atoms with van der Waals surface area (Å²) >= 11 is 0. The number of aryl methyl sites for hydroxylation is 2. The smallest absolute Gasteiger partial charge is 0.223 e. The molecule has 1 aliphatic rings. The summed E-state index contributed by atoms with van der Waals surface area (Å²) in [6.07, 6.45) is 6.73. The van der Waals surface area contributed by atoms with Gasteiger partial charge in [-0.3, -0.25) is 4.79 Å². The van der Waals surface area contributed by atoms with Crippen molar-refractivity contribution in [2.24, 2.45) is 0 Å². The van der Waals surface area contributed by atoms with Crippen LogP contribution >= 0.6 is 0 Å². The molecule has 3 rings (SSSR count). The van der Waals surface area contributed by atoms with Crippen LogP contribution < -0.4 is 0 Å². The number of furan rings is 1. The quantitative estimate of drug-likeness (QED) is 0.782. The Morgan fingerprint density at radius 1 is 1.12 bits per heavy atom. The summed E-state index contributed by atoms with van der Waals surface area (Å²) in [6.45, 7) is 2.94. The van der Waals surface area contributed by atoms with Gasteiger partial charge in [-0.05, 0) is 37.0 Å². The highest BCUT2D eigenvalue weighted by molar-refractivity contribution is 5.77. The number of nitrogens with zero attached hydrogens (tertiary/aromatic N) is 1. The summed E-state index contributed by atoms with van der Waals surface area (Å²) < 4.78 is 5.98. The van der Waals surface area contributed by atoms with Crippen LogP contribution in [-0.2, 0) is 17.6 Å². The molecule has 0 saturated carbocycles. The Bertz CT molecular complexity index is 647. The molecular formula is C21H27NO2. The van der Waals surface area contributed by atoms with Crippen LogP contribution in [0.15, 0.2) is 46.9 Å². The summed E-state index contributed by atoms with van der Waals surface area (Å²) in [6, 6.07) is 14.5. The first-order valence-corrected chi connectivity index (χ1v) is 9.20. The van der Waals surface area contributed by atoms with E-state index < -0.39 is 0 Å². The van der Waals surface area contributed by atoms with Crippen molar-refractivity contribution in [2.45, 2.75) is 57.9 Å². The van der Waals surface area contributed by atoms with E-state index in [0.717, 1.165) is 50.2 Å². The van der Waals surface area contributed by atoms with Gasteiger partial charge in [-0.25, -0.2) is 0 Å². The number of benzene rings is 1. The third-order valence-corrected chi connectivity index (χ3v) is 4.90. The SMILES string of the molecule is CCc1ccc(C2CCCCCN2C(=O)CCc2ccccc2)o1. The lowest BCUT2D eigenvalue weighted by Gasteiger charge is -2.29. The first-order valence-electron chi connectivity index (χ1n) is 9.20. The highest BCUT2D eigenvalue weighted by Gasteiger charge is 2.28. The summed E-state index contributed by atoms with van der Waals surface area (Å²) in [4.78, 5) is 14.9. The zero-order valence-corrected chi connectivity index (χ0v) is 14.5. The van der Waals surface area contributed by atoms with Gasteiger partial charge in [0.2, 0.25) is 5.91 Å². The van der Waals surface area contributed by atoms with Gasteiger partial charge in [0.25, 0.3) is 0 Å². The third kappa shape index (κ3) is 4.08. The van der Waals surface area contributed by atoms with Crippen LogP contribution in [0.25, 0.3) is 0 Å². The molecule has 1 aliphatic heterocycles.